The molecule has 30 heavy (non-hydrogen) atoms. The number of aryl methyl sites for hydroxylation is 1. The van der Waals surface area contributed by atoms with E-state index >= 15 is 0 Å². The van der Waals surface area contributed by atoms with Crippen LogP contribution >= 0.6 is 0 Å². The van der Waals surface area contributed by atoms with Crippen LogP contribution in [-0.4, -0.2) is 42.4 Å². The van der Waals surface area contributed by atoms with Crippen LogP contribution in [0.25, 0.3) is 0 Å². The summed E-state index contributed by atoms with van der Waals surface area (Å²) in [5, 5.41) is 2.06. The maximum atomic E-state index is 13.6. The standard InChI is InChI=1S/C22H22F2N2O4/c1-14-5-2-3-6-16(14)21(28)26-11-9-15(10-12-26)22(29)30-13-19(27)25-20-17(23)7-4-8-18(20)24/h2-8,15H,9-13H2,1H3,(H,25,27). The number of benzene rings is 2. The Kier molecular flexibility index (Phi) is 6.76. The van der Waals surface area contributed by atoms with Crippen molar-refractivity contribution in [1.29, 1.82) is 0 Å². The molecule has 8 heteroatoms. The third kappa shape index (κ3) is 5.00. The second-order valence-corrected chi connectivity index (χ2v) is 7.13. The smallest absolute Gasteiger partial charge is 0.309 e. The fourth-order valence-corrected chi connectivity index (χ4v) is 3.35. The third-order valence-corrected chi connectivity index (χ3v) is 5.06. The number of carbonyl (C=O) groups excluding carboxylic acids is 3. The molecule has 1 aliphatic heterocycles. The minimum atomic E-state index is -0.916. The number of hydrogen-bond donors (Lipinski definition) is 1. The predicted molar refractivity (Wildman–Crippen MR) is 106 cm³/mol. The molecule has 2 amide bonds. The lowest BCUT2D eigenvalue weighted by molar-refractivity contribution is -0.152. The number of anilines is 1. The summed E-state index contributed by atoms with van der Waals surface area (Å²) in [6.07, 6.45) is 0.833. The minimum Gasteiger partial charge on any atom is -0.455 e. The van der Waals surface area contributed by atoms with E-state index in [9.17, 15) is 23.2 Å². The van der Waals surface area contributed by atoms with Crippen molar-refractivity contribution in [1.82, 2.24) is 4.90 Å². The highest BCUT2D eigenvalue weighted by molar-refractivity contribution is 5.96. The van der Waals surface area contributed by atoms with Crippen molar-refractivity contribution in [3.63, 3.8) is 0 Å². The molecule has 6 nitrogen and oxygen atoms in total. The van der Waals surface area contributed by atoms with Gasteiger partial charge in [0, 0.05) is 18.7 Å². The number of nitrogens with zero attached hydrogens (tertiary/aromatic N) is 1. The maximum Gasteiger partial charge on any atom is 0.309 e. The molecule has 0 aliphatic carbocycles. The molecule has 2 aromatic carbocycles. The Labute approximate surface area is 172 Å². The Morgan fingerprint density at radius 2 is 1.67 bits per heavy atom. The fourth-order valence-electron chi connectivity index (χ4n) is 3.35. The van der Waals surface area contributed by atoms with Crippen molar-refractivity contribution in [2.45, 2.75) is 19.8 Å². The molecule has 0 aromatic heterocycles. The number of rotatable bonds is 5. The van der Waals surface area contributed by atoms with Gasteiger partial charge in [0.15, 0.2) is 6.61 Å². The van der Waals surface area contributed by atoms with E-state index in [0.29, 0.717) is 31.5 Å². The van der Waals surface area contributed by atoms with Crippen molar-refractivity contribution in [2.24, 2.45) is 5.92 Å². The molecule has 2 aromatic rings. The third-order valence-electron chi connectivity index (χ3n) is 5.06. The summed E-state index contributed by atoms with van der Waals surface area (Å²) in [7, 11) is 0. The number of esters is 1. The molecule has 0 atom stereocenters. The lowest BCUT2D eigenvalue weighted by atomic mass is 9.96. The van der Waals surface area contributed by atoms with Crippen molar-refractivity contribution < 1.29 is 27.9 Å². The van der Waals surface area contributed by atoms with Gasteiger partial charge in [0.05, 0.1) is 5.92 Å². The van der Waals surface area contributed by atoms with Gasteiger partial charge < -0.3 is 15.0 Å². The average Bonchev–Trinajstić information content (AvgIpc) is 2.75. The normalized spacial score (nSPS) is 14.3. The van der Waals surface area contributed by atoms with Crippen molar-refractivity contribution in [2.75, 3.05) is 25.0 Å². The van der Waals surface area contributed by atoms with E-state index in [2.05, 4.69) is 5.32 Å². The lowest BCUT2D eigenvalue weighted by Gasteiger charge is -2.31. The van der Waals surface area contributed by atoms with Crippen LogP contribution in [0.4, 0.5) is 14.5 Å². The zero-order valence-corrected chi connectivity index (χ0v) is 16.5. The van der Waals surface area contributed by atoms with E-state index in [4.69, 9.17) is 4.74 Å². The van der Waals surface area contributed by atoms with Gasteiger partial charge in [0.1, 0.15) is 17.3 Å². The van der Waals surface area contributed by atoms with E-state index in [1.54, 1.807) is 11.0 Å². The number of halogens is 2. The molecule has 1 heterocycles. The van der Waals surface area contributed by atoms with Gasteiger partial charge in [-0.1, -0.05) is 24.3 Å². The molecular weight excluding hydrogens is 394 g/mol. The maximum absolute atomic E-state index is 13.6. The van der Waals surface area contributed by atoms with E-state index in [0.717, 1.165) is 17.7 Å². The number of carbonyl (C=O) groups is 3. The van der Waals surface area contributed by atoms with Gasteiger partial charge in [0.2, 0.25) is 0 Å². The monoisotopic (exact) mass is 416 g/mol. The lowest BCUT2D eigenvalue weighted by Crippen LogP contribution is -2.41. The van der Waals surface area contributed by atoms with Crippen LogP contribution < -0.4 is 5.32 Å². The first kappa shape index (κ1) is 21.4. The zero-order valence-electron chi connectivity index (χ0n) is 16.5. The molecule has 158 valence electrons. The first-order valence-electron chi connectivity index (χ1n) is 9.62. The number of ether oxygens (including phenoxy) is 1. The number of hydrogen-bond acceptors (Lipinski definition) is 4. The largest absolute Gasteiger partial charge is 0.455 e. The topological polar surface area (TPSA) is 75.7 Å². The summed E-state index contributed by atoms with van der Waals surface area (Å²) in [5.74, 6) is -3.75. The van der Waals surface area contributed by atoms with Crippen molar-refractivity contribution in [3.05, 3.63) is 65.2 Å². The Bertz CT molecular complexity index is 936. The first-order chi connectivity index (χ1) is 14.4. The van der Waals surface area contributed by atoms with Crippen LogP contribution in [0.15, 0.2) is 42.5 Å². The van der Waals surface area contributed by atoms with E-state index in [-0.39, 0.29) is 5.91 Å². The molecule has 3 rings (SSSR count). The van der Waals surface area contributed by atoms with E-state index in [1.807, 2.05) is 25.1 Å². The first-order valence-corrected chi connectivity index (χ1v) is 9.62. The quantitative estimate of drug-likeness (QED) is 0.759. The van der Waals surface area contributed by atoms with Gasteiger partial charge in [-0.05, 0) is 43.5 Å². The molecule has 0 unspecified atom stereocenters. The predicted octanol–water partition coefficient (Wildman–Crippen LogP) is 3.31. The highest BCUT2D eigenvalue weighted by Crippen LogP contribution is 2.22. The molecule has 0 saturated carbocycles. The molecule has 0 spiro atoms. The summed E-state index contributed by atoms with van der Waals surface area (Å²) in [5.41, 5.74) is 0.943. The molecule has 1 saturated heterocycles. The van der Waals surface area contributed by atoms with Crippen LogP contribution in [0.3, 0.4) is 0 Å². The van der Waals surface area contributed by atoms with Crippen LogP contribution in [0.5, 0.6) is 0 Å². The molecule has 1 N–H and O–H groups in total. The van der Waals surface area contributed by atoms with Crippen LogP contribution in [-0.2, 0) is 14.3 Å². The highest BCUT2D eigenvalue weighted by atomic mass is 19.1. The van der Waals surface area contributed by atoms with Crippen LogP contribution in [0.1, 0.15) is 28.8 Å². The Morgan fingerprint density at radius 3 is 2.30 bits per heavy atom. The fraction of sp³-hybridized carbons (Fsp3) is 0.318. The molecule has 1 fully saturated rings. The Morgan fingerprint density at radius 1 is 1.03 bits per heavy atom. The number of likely N-dealkylation sites (tertiary alicyclic amines) is 1. The molecule has 0 bridgehead atoms. The summed E-state index contributed by atoms with van der Waals surface area (Å²) >= 11 is 0. The average molecular weight is 416 g/mol. The van der Waals surface area contributed by atoms with E-state index in [1.165, 1.54) is 6.07 Å². The van der Waals surface area contributed by atoms with Gasteiger partial charge in [-0.3, -0.25) is 14.4 Å². The minimum absolute atomic E-state index is 0.0776. The molecular formula is C22H22F2N2O4. The molecule has 1 aliphatic rings. The summed E-state index contributed by atoms with van der Waals surface area (Å²) in [6, 6.07) is 10.5. The second-order valence-electron chi connectivity index (χ2n) is 7.13. The van der Waals surface area contributed by atoms with Gasteiger partial charge in [-0.25, -0.2) is 8.78 Å². The van der Waals surface area contributed by atoms with Crippen molar-refractivity contribution >= 4 is 23.5 Å². The van der Waals surface area contributed by atoms with Gasteiger partial charge in [0.25, 0.3) is 11.8 Å². The Balaban J connectivity index is 1.47. The van der Waals surface area contributed by atoms with Gasteiger partial charge >= 0.3 is 5.97 Å². The zero-order chi connectivity index (χ0) is 21.7. The summed E-state index contributed by atoms with van der Waals surface area (Å²) in [6.45, 7) is 2.03. The summed E-state index contributed by atoms with van der Waals surface area (Å²) < 4.78 is 32.1. The summed E-state index contributed by atoms with van der Waals surface area (Å²) in [4.78, 5) is 38.4. The number of nitrogens with one attached hydrogen (secondary N) is 1. The van der Waals surface area contributed by atoms with Crippen LogP contribution in [0, 0.1) is 24.5 Å². The second kappa shape index (κ2) is 9.47. The van der Waals surface area contributed by atoms with Gasteiger partial charge in [-0.2, -0.15) is 0 Å². The number of amides is 2. The van der Waals surface area contributed by atoms with Gasteiger partial charge in [-0.15, -0.1) is 0 Å². The number of para-hydroxylation sites is 1. The van der Waals surface area contributed by atoms with Crippen molar-refractivity contribution in [3.8, 4) is 0 Å². The van der Waals surface area contributed by atoms with Crippen LogP contribution in [0.2, 0.25) is 0 Å². The SMILES string of the molecule is Cc1ccccc1C(=O)N1CCC(C(=O)OCC(=O)Nc2c(F)cccc2F)CC1. The molecule has 0 radical (unpaired) electrons. The number of piperidine rings is 1. The highest BCUT2D eigenvalue weighted by Gasteiger charge is 2.29. The Hall–Kier alpha value is -3.29. The van der Waals surface area contributed by atoms with E-state index < -0.39 is 41.7 Å².